The Hall–Kier alpha value is -1.53. The van der Waals surface area contributed by atoms with Gasteiger partial charge in [0.2, 0.25) is 5.91 Å². The van der Waals surface area contributed by atoms with Gasteiger partial charge in [0.1, 0.15) is 11.5 Å². The number of nitrogens with zero attached hydrogens (tertiary/aromatic N) is 1. The molecule has 4 nitrogen and oxygen atoms in total. The maximum atomic E-state index is 14.0. The summed E-state index contributed by atoms with van der Waals surface area (Å²) in [6.45, 7) is 8.09. The van der Waals surface area contributed by atoms with E-state index in [1.807, 2.05) is 4.90 Å². The van der Waals surface area contributed by atoms with Gasteiger partial charge in [0.15, 0.2) is 5.82 Å². The fraction of sp³-hybridized carbons (Fsp3) is 0.533. The topological polar surface area (TPSA) is 44.4 Å². The Bertz CT molecular complexity index is 540. The van der Waals surface area contributed by atoms with Crippen molar-refractivity contribution in [1.82, 2.24) is 10.2 Å². The van der Waals surface area contributed by atoms with Crippen molar-refractivity contribution in [1.29, 1.82) is 0 Å². The standard InChI is InChI=1S/C15H21F2N3O/c1-10-4-5-11(16)13(12(10)17)19-14(21)15(2,3)20-8-6-18-7-9-20/h4-5,18H,6-9H2,1-3H3,(H,19,21). The third kappa shape index (κ3) is 3.22. The molecule has 0 saturated carbocycles. The molecule has 6 heteroatoms. The number of amides is 1. The molecule has 1 aromatic rings. The highest BCUT2D eigenvalue weighted by Crippen LogP contribution is 2.24. The Balaban J connectivity index is 2.19. The monoisotopic (exact) mass is 297 g/mol. The Labute approximate surface area is 123 Å². The van der Waals surface area contributed by atoms with E-state index in [0.29, 0.717) is 5.56 Å². The van der Waals surface area contributed by atoms with Crippen LogP contribution in [0.2, 0.25) is 0 Å². The second-order valence-electron chi connectivity index (χ2n) is 5.80. The minimum atomic E-state index is -0.829. The molecule has 0 aliphatic carbocycles. The number of rotatable bonds is 3. The van der Waals surface area contributed by atoms with Crippen molar-refractivity contribution in [3.05, 3.63) is 29.3 Å². The van der Waals surface area contributed by atoms with Gasteiger partial charge in [-0.25, -0.2) is 8.78 Å². The Kier molecular flexibility index (Phi) is 4.58. The van der Waals surface area contributed by atoms with Gasteiger partial charge in [0.25, 0.3) is 0 Å². The first kappa shape index (κ1) is 15.9. The number of benzene rings is 1. The van der Waals surface area contributed by atoms with E-state index in [2.05, 4.69) is 10.6 Å². The molecule has 1 aliphatic heterocycles. The molecule has 0 spiro atoms. The average Bonchev–Trinajstić information content (AvgIpc) is 2.48. The molecule has 1 aliphatic rings. The fourth-order valence-electron chi connectivity index (χ4n) is 2.41. The van der Waals surface area contributed by atoms with E-state index in [9.17, 15) is 13.6 Å². The lowest BCUT2D eigenvalue weighted by Gasteiger charge is -2.39. The van der Waals surface area contributed by atoms with Crippen molar-refractivity contribution in [3.63, 3.8) is 0 Å². The lowest BCUT2D eigenvalue weighted by Crippen LogP contribution is -2.58. The van der Waals surface area contributed by atoms with Crippen LogP contribution in [-0.4, -0.2) is 42.5 Å². The summed E-state index contributed by atoms with van der Waals surface area (Å²) in [6.07, 6.45) is 0. The van der Waals surface area contributed by atoms with Crippen LogP contribution in [0.25, 0.3) is 0 Å². The van der Waals surface area contributed by atoms with Gasteiger partial charge in [-0.15, -0.1) is 0 Å². The maximum absolute atomic E-state index is 14.0. The normalized spacial score (nSPS) is 16.8. The maximum Gasteiger partial charge on any atom is 0.244 e. The van der Waals surface area contributed by atoms with E-state index in [0.717, 1.165) is 32.2 Å². The van der Waals surface area contributed by atoms with E-state index in [-0.39, 0.29) is 5.69 Å². The fourth-order valence-corrected chi connectivity index (χ4v) is 2.41. The molecule has 1 amide bonds. The predicted molar refractivity (Wildman–Crippen MR) is 78.2 cm³/mol. The molecule has 2 N–H and O–H groups in total. The summed E-state index contributed by atoms with van der Waals surface area (Å²) in [5.41, 5.74) is -0.903. The number of halogens is 2. The number of carbonyl (C=O) groups is 1. The van der Waals surface area contributed by atoms with Crippen LogP contribution in [0.15, 0.2) is 12.1 Å². The van der Waals surface area contributed by atoms with Gasteiger partial charge >= 0.3 is 0 Å². The summed E-state index contributed by atoms with van der Waals surface area (Å²) in [5.74, 6) is -1.89. The summed E-state index contributed by atoms with van der Waals surface area (Å²) in [5, 5.41) is 5.61. The molecule has 0 unspecified atom stereocenters. The minimum absolute atomic E-state index is 0.298. The second kappa shape index (κ2) is 6.07. The Morgan fingerprint density at radius 1 is 1.29 bits per heavy atom. The van der Waals surface area contributed by atoms with Crippen LogP contribution in [0, 0.1) is 18.6 Å². The number of nitrogens with one attached hydrogen (secondary N) is 2. The third-order valence-corrected chi connectivity index (χ3v) is 3.99. The average molecular weight is 297 g/mol. The number of hydrogen-bond acceptors (Lipinski definition) is 3. The van der Waals surface area contributed by atoms with E-state index < -0.39 is 23.1 Å². The van der Waals surface area contributed by atoms with Crippen LogP contribution in [0.1, 0.15) is 19.4 Å². The Morgan fingerprint density at radius 2 is 1.90 bits per heavy atom. The van der Waals surface area contributed by atoms with Gasteiger partial charge in [0.05, 0.1) is 5.54 Å². The van der Waals surface area contributed by atoms with E-state index >= 15 is 0 Å². The van der Waals surface area contributed by atoms with Gasteiger partial charge in [-0.05, 0) is 32.4 Å². The summed E-state index contributed by atoms with van der Waals surface area (Å²) in [7, 11) is 0. The number of aryl methyl sites for hydroxylation is 1. The number of carbonyl (C=O) groups excluding carboxylic acids is 1. The number of hydrogen-bond donors (Lipinski definition) is 2. The van der Waals surface area contributed by atoms with E-state index in [1.165, 1.54) is 13.0 Å². The molecule has 1 saturated heterocycles. The van der Waals surface area contributed by atoms with Crippen LogP contribution >= 0.6 is 0 Å². The third-order valence-electron chi connectivity index (χ3n) is 3.99. The lowest BCUT2D eigenvalue weighted by molar-refractivity contribution is -0.126. The molecular weight excluding hydrogens is 276 g/mol. The van der Waals surface area contributed by atoms with Crippen LogP contribution in [0.3, 0.4) is 0 Å². The minimum Gasteiger partial charge on any atom is -0.320 e. The van der Waals surface area contributed by atoms with Crippen molar-refractivity contribution in [2.45, 2.75) is 26.3 Å². The van der Waals surface area contributed by atoms with Crippen LogP contribution in [0.4, 0.5) is 14.5 Å². The van der Waals surface area contributed by atoms with Crippen molar-refractivity contribution in [2.75, 3.05) is 31.5 Å². The van der Waals surface area contributed by atoms with Crippen molar-refractivity contribution in [3.8, 4) is 0 Å². The van der Waals surface area contributed by atoms with E-state index in [1.54, 1.807) is 13.8 Å². The molecule has 21 heavy (non-hydrogen) atoms. The van der Waals surface area contributed by atoms with Crippen LogP contribution in [0.5, 0.6) is 0 Å². The molecular formula is C15H21F2N3O. The van der Waals surface area contributed by atoms with Gasteiger partial charge in [0, 0.05) is 26.2 Å². The zero-order valence-corrected chi connectivity index (χ0v) is 12.6. The second-order valence-corrected chi connectivity index (χ2v) is 5.80. The first-order valence-corrected chi connectivity index (χ1v) is 7.06. The van der Waals surface area contributed by atoms with Gasteiger partial charge in [-0.3, -0.25) is 9.69 Å². The highest BCUT2D eigenvalue weighted by molar-refractivity contribution is 5.97. The SMILES string of the molecule is Cc1ccc(F)c(NC(=O)C(C)(C)N2CCNCC2)c1F. The number of piperazine rings is 1. The lowest BCUT2D eigenvalue weighted by atomic mass is 10.00. The predicted octanol–water partition coefficient (Wildman–Crippen LogP) is 1.90. The molecule has 2 rings (SSSR count). The smallest absolute Gasteiger partial charge is 0.244 e. The van der Waals surface area contributed by atoms with Crippen molar-refractivity contribution in [2.24, 2.45) is 0 Å². The van der Waals surface area contributed by atoms with Gasteiger partial charge in [-0.1, -0.05) is 6.07 Å². The van der Waals surface area contributed by atoms with E-state index in [4.69, 9.17) is 0 Å². The molecule has 0 bridgehead atoms. The molecule has 0 radical (unpaired) electrons. The largest absolute Gasteiger partial charge is 0.320 e. The molecule has 1 heterocycles. The van der Waals surface area contributed by atoms with Crippen LogP contribution in [-0.2, 0) is 4.79 Å². The quantitative estimate of drug-likeness (QED) is 0.895. The summed E-state index contributed by atoms with van der Waals surface area (Å²) in [6, 6.07) is 2.51. The van der Waals surface area contributed by atoms with Crippen LogP contribution < -0.4 is 10.6 Å². The van der Waals surface area contributed by atoms with Gasteiger partial charge < -0.3 is 10.6 Å². The zero-order chi connectivity index (χ0) is 15.6. The summed E-state index contributed by atoms with van der Waals surface area (Å²) < 4.78 is 27.7. The summed E-state index contributed by atoms with van der Waals surface area (Å²) >= 11 is 0. The zero-order valence-electron chi connectivity index (χ0n) is 12.6. The molecule has 116 valence electrons. The van der Waals surface area contributed by atoms with Crippen molar-refractivity contribution >= 4 is 11.6 Å². The molecule has 0 atom stereocenters. The Morgan fingerprint density at radius 3 is 2.52 bits per heavy atom. The molecule has 1 aromatic carbocycles. The van der Waals surface area contributed by atoms with Crippen molar-refractivity contribution < 1.29 is 13.6 Å². The molecule has 1 fully saturated rings. The first-order chi connectivity index (χ1) is 9.84. The first-order valence-electron chi connectivity index (χ1n) is 7.06. The number of anilines is 1. The highest BCUT2D eigenvalue weighted by Gasteiger charge is 2.36. The summed E-state index contributed by atoms with van der Waals surface area (Å²) in [4.78, 5) is 14.4. The highest BCUT2D eigenvalue weighted by atomic mass is 19.1. The molecule has 0 aromatic heterocycles. The van der Waals surface area contributed by atoms with Gasteiger partial charge in [-0.2, -0.15) is 0 Å².